The zero-order chi connectivity index (χ0) is 11.7. The Balaban J connectivity index is 2.53. The SMILES string of the molecule is COC(=O)Cc1cc2ccsc2c(C)c1F. The fourth-order valence-electron chi connectivity index (χ4n) is 1.69. The number of thiophene rings is 1. The first kappa shape index (κ1) is 11.1. The van der Waals surface area contributed by atoms with Crippen molar-refractivity contribution < 1.29 is 13.9 Å². The average Bonchev–Trinajstić information content (AvgIpc) is 2.73. The number of hydrogen-bond donors (Lipinski definition) is 0. The fraction of sp³-hybridized carbons (Fsp3) is 0.250. The van der Waals surface area contributed by atoms with Gasteiger partial charge in [-0.3, -0.25) is 4.79 Å². The normalized spacial score (nSPS) is 10.7. The molecule has 2 nitrogen and oxygen atoms in total. The predicted molar refractivity (Wildman–Crippen MR) is 62.2 cm³/mol. The van der Waals surface area contributed by atoms with E-state index in [4.69, 9.17) is 0 Å². The zero-order valence-electron chi connectivity index (χ0n) is 9.04. The smallest absolute Gasteiger partial charge is 0.310 e. The molecule has 0 N–H and O–H groups in total. The molecule has 1 heterocycles. The lowest BCUT2D eigenvalue weighted by Crippen LogP contribution is -2.06. The molecular weight excluding hydrogens is 227 g/mol. The maximum absolute atomic E-state index is 13.9. The molecule has 0 aliphatic heterocycles. The summed E-state index contributed by atoms with van der Waals surface area (Å²) in [6.07, 6.45) is -0.0189. The van der Waals surface area contributed by atoms with Gasteiger partial charge in [0.25, 0.3) is 0 Å². The van der Waals surface area contributed by atoms with Gasteiger partial charge >= 0.3 is 5.97 Å². The summed E-state index contributed by atoms with van der Waals surface area (Å²) in [6, 6.07) is 3.64. The Hall–Kier alpha value is -1.42. The second kappa shape index (κ2) is 4.22. The van der Waals surface area contributed by atoms with E-state index in [1.54, 1.807) is 13.0 Å². The Morgan fingerprint density at radius 2 is 2.31 bits per heavy atom. The van der Waals surface area contributed by atoms with E-state index in [1.807, 2.05) is 11.4 Å². The largest absolute Gasteiger partial charge is 0.469 e. The van der Waals surface area contributed by atoms with E-state index in [-0.39, 0.29) is 12.2 Å². The Morgan fingerprint density at radius 1 is 1.56 bits per heavy atom. The number of ether oxygens (including phenoxy) is 1. The van der Waals surface area contributed by atoms with Crippen LogP contribution in [-0.2, 0) is 16.0 Å². The quantitative estimate of drug-likeness (QED) is 0.752. The van der Waals surface area contributed by atoms with Gasteiger partial charge in [0.05, 0.1) is 13.5 Å². The molecule has 0 saturated carbocycles. The Labute approximate surface area is 96.7 Å². The molecule has 0 amide bonds. The Bertz CT molecular complexity index is 545. The van der Waals surface area contributed by atoms with Gasteiger partial charge in [0.2, 0.25) is 0 Å². The topological polar surface area (TPSA) is 26.3 Å². The van der Waals surface area contributed by atoms with E-state index in [2.05, 4.69) is 4.74 Å². The van der Waals surface area contributed by atoms with Crippen LogP contribution in [0.1, 0.15) is 11.1 Å². The first-order chi connectivity index (χ1) is 7.63. The van der Waals surface area contributed by atoms with Gasteiger partial charge < -0.3 is 4.74 Å². The molecule has 2 aromatic rings. The van der Waals surface area contributed by atoms with Gasteiger partial charge in [-0.25, -0.2) is 4.39 Å². The van der Waals surface area contributed by atoms with Crippen molar-refractivity contribution in [2.24, 2.45) is 0 Å². The molecule has 0 unspecified atom stereocenters. The zero-order valence-corrected chi connectivity index (χ0v) is 9.86. The Kier molecular flexibility index (Phi) is 2.92. The number of esters is 1. The molecule has 0 bridgehead atoms. The van der Waals surface area contributed by atoms with Crippen LogP contribution in [0.25, 0.3) is 10.1 Å². The number of rotatable bonds is 2. The van der Waals surface area contributed by atoms with E-state index in [1.165, 1.54) is 18.4 Å². The molecule has 1 aromatic heterocycles. The van der Waals surface area contributed by atoms with Crippen molar-refractivity contribution in [3.8, 4) is 0 Å². The van der Waals surface area contributed by atoms with Crippen LogP contribution in [0.4, 0.5) is 4.39 Å². The lowest BCUT2D eigenvalue weighted by molar-refractivity contribution is -0.139. The second-order valence-electron chi connectivity index (χ2n) is 3.57. The predicted octanol–water partition coefficient (Wildman–Crippen LogP) is 3.06. The summed E-state index contributed by atoms with van der Waals surface area (Å²) in [4.78, 5) is 11.1. The molecule has 2 rings (SSSR count). The van der Waals surface area contributed by atoms with E-state index in [0.717, 1.165) is 10.1 Å². The summed E-state index contributed by atoms with van der Waals surface area (Å²) >= 11 is 1.51. The minimum absolute atomic E-state index is 0.0189. The second-order valence-corrected chi connectivity index (χ2v) is 4.48. The number of carbonyl (C=O) groups excluding carboxylic acids is 1. The maximum atomic E-state index is 13.9. The van der Waals surface area contributed by atoms with Crippen molar-refractivity contribution in [1.29, 1.82) is 0 Å². The van der Waals surface area contributed by atoms with Crippen LogP contribution in [0.15, 0.2) is 17.5 Å². The number of fused-ring (bicyclic) bond motifs is 1. The third-order valence-electron chi connectivity index (χ3n) is 2.54. The minimum Gasteiger partial charge on any atom is -0.469 e. The van der Waals surface area contributed by atoms with E-state index in [0.29, 0.717) is 11.1 Å². The van der Waals surface area contributed by atoms with Crippen LogP contribution in [0.5, 0.6) is 0 Å². The van der Waals surface area contributed by atoms with Gasteiger partial charge in [0, 0.05) is 10.3 Å². The first-order valence-electron chi connectivity index (χ1n) is 4.85. The van der Waals surface area contributed by atoms with Crippen LogP contribution >= 0.6 is 11.3 Å². The lowest BCUT2D eigenvalue weighted by Gasteiger charge is -2.06. The molecule has 84 valence electrons. The van der Waals surface area contributed by atoms with Crippen molar-refractivity contribution in [1.82, 2.24) is 0 Å². The molecule has 0 fully saturated rings. The van der Waals surface area contributed by atoms with Crippen LogP contribution in [0.2, 0.25) is 0 Å². The molecule has 0 spiro atoms. The van der Waals surface area contributed by atoms with E-state index in [9.17, 15) is 9.18 Å². The molecular formula is C12H11FO2S. The monoisotopic (exact) mass is 238 g/mol. The van der Waals surface area contributed by atoms with Gasteiger partial charge in [-0.2, -0.15) is 0 Å². The maximum Gasteiger partial charge on any atom is 0.310 e. The van der Waals surface area contributed by atoms with Gasteiger partial charge in [-0.1, -0.05) is 0 Å². The summed E-state index contributed by atoms with van der Waals surface area (Å²) < 4.78 is 19.4. The standard InChI is InChI=1S/C12H11FO2S/c1-7-11(13)9(6-10(14)15-2)5-8-3-4-16-12(7)8/h3-5H,6H2,1-2H3. The first-order valence-corrected chi connectivity index (χ1v) is 5.73. The van der Waals surface area contributed by atoms with E-state index < -0.39 is 5.97 Å². The highest BCUT2D eigenvalue weighted by Gasteiger charge is 2.14. The summed E-state index contributed by atoms with van der Waals surface area (Å²) in [5, 5.41) is 2.89. The van der Waals surface area contributed by atoms with Crippen molar-refractivity contribution in [3.05, 3.63) is 34.5 Å². The summed E-state index contributed by atoms with van der Waals surface area (Å²) in [5.41, 5.74) is 1.00. The number of carbonyl (C=O) groups is 1. The molecule has 0 atom stereocenters. The Morgan fingerprint density at radius 3 is 3.00 bits per heavy atom. The minimum atomic E-state index is -0.423. The van der Waals surface area contributed by atoms with Crippen LogP contribution in [0, 0.1) is 12.7 Å². The lowest BCUT2D eigenvalue weighted by atomic mass is 10.1. The average molecular weight is 238 g/mol. The van der Waals surface area contributed by atoms with Crippen LogP contribution in [-0.4, -0.2) is 13.1 Å². The molecule has 16 heavy (non-hydrogen) atoms. The number of hydrogen-bond acceptors (Lipinski definition) is 3. The third-order valence-corrected chi connectivity index (χ3v) is 3.59. The molecule has 1 aromatic carbocycles. The number of aryl methyl sites for hydroxylation is 1. The van der Waals surface area contributed by atoms with Crippen LogP contribution in [0.3, 0.4) is 0 Å². The van der Waals surface area contributed by atoms with Crippen LogP contribution < -0.4 is 0 Å². The van der Waals surface area contributed by atoms with Crippen molar-refractivity contribution in [2.75, 3.05) is 7.11 Å². The van der Waals surface area contributed by atoms with Gasteiger partial charge in [-0.05, 0) is 35.4 Å². The summed E-state index contributed by atoms with van der Waals surface area (Å²) in [5.74, 6) is -0.728. The molecule has 0 radical (unpaired) electrons. The highest BCUT2D eigenvalue weighted by atomic mass is 32.1. The van der Waals surface area contributed by atoms with Crippen molar-refractivity contribution >= 4 is 27.4 Å². The molecule has 0 aliphatic rings. The number of benzene rings is 1. The van der Waals surface area contributed by atoms with Crippen molar-refractivity contribution in [3.63, 3.8) is 0 Å². The molecule has 0 aliphatic carbocycles. The number of methoxy groups -OCH3 is 1. The van der Waals surface area contributed by atoms with Gasteiger partial charge in [-0.15, -0.1) is 11.3 Å². The van der Waals surface area contributed by atoms with E-state index >= 15 is 0 Å². The van der Waals surface area contributed by atoms with Gasteiger partial charge in [0.15, 0.2) is 0 Å². The van der Waals surface area contributed by atoms with Gasteiger partial charge in [0.1, 0.15) is 5.82 Å². The van der Waals surface area contributed by atoms with Crippen molar-refractivity contribution in [2.45, 2.75) is 13.3 Å². The fourth-order valence-corrected chi connectivity index (χ4v) is 2.57. The molecule has 4 heteroatoms. The number of halogens is 1. The summed E-state index contributed by atoms with van der Waals surface area (Å²) in [6.45, 7) is 1.73. The highest BCUT2D eigenvalue weighted by Crippen LogP contribution is 2.29. The third kappa shape index (κ3) is 1.80. The highest BCUT2D eigenvalue weighted by molar-refractivity contribution is 7.17. The summed E-state index contributed by atoms with van der Waals surface area (Å²) in [7, 11) is 1.30. The molecule has 0 saturated heterocycles.